The average Bonchev–Trinajstić information content (AvgIpc) is 3.44. The molecule has 32 heavy (non-hydrogen) atoms. The molecule has 3 aromatic rings. The maximum Gasteiger partial charge on any atom is 0.308 e. The number of benzene rings is 1. The van der Waals surface area contributed by atoms with Crippen LogP contribution < -0.4 is 5.56 Å². The third-order valence-electron chi connectivity index (χ3n) is 6.16. The highest BCUT2D eigenvalue weighted by molar-refractivity contribution is 7.99. The molecule has 1 atom stereocenters. The van der Waals surface area contributed by atoms with Gasteiger partial charge in [0.2, 0.25) is 5.91 Å². The number of rotatable bonds is 4. The number of ether oxygens (including phenoxy) is 1. The molecule has 0 aliphatic carbocycles. The Hall–Kier alpha value is -3.14. The molecule has 2 aliphatic rings. The lowest BCUT2D eigenvalue weighted by atomic mass is 9.96. The van der Waals surface area contributed by atoms with Crippen LogP contribution in [0.1, 0.15) is 25.3 Å². The second kappa shape index (κ2) is 8.42. The SMILES string of the molecule is COC(=O)C1CCN(C(=O)CC2CSc3nc4c(cnn4-c4ccccc4)c(=O)n32)CC1. The third kappa shape index (κ3) is 3.58. The normalized spacial score (nSPS) is 18.7. The van der Waals surface area contributed by atoms with E-state index in [4.69, 9.17) is 9.72 Å². The number of methoxy groups -OCH3 is 1. The van der Waals surface area contributed by atoms with Gasteiger partial charge in [-0.05, 0) is 25.0 Å². The number of nitrogens with zero attached hydrogens (tertiary/aromatic N) is 5. The van der Waals surface area contributed by atoms with E-state index in [0.29, 0.717) is 47.9 Å². The molecule has 1 unspecified atom stereocenters. The Labute approximate surface area is 188 Å². The van der Waals surface area contributed by atoms with Crippen molar-refractivity contribution in [3.63, 3.8) is 0 Å². The molecular formula is C22H23N5O4S. The van der Waals surface area contributed by atoms with Crippen LogP contribution in [0, 0.1) is 5.92 Å². The molecule has 2 aromatic heterocycles. The predicted molar refractivity (Wildman–Crippen MR) is 119 cm³/mol. The number of carbonyl (C=O) groups excluding carboxylic acids is 2. The average molecular weight is 454 g/mol. The fourth-order valence-electron chi connectivity index (χ4n) is 4.40. The number of aromatic nitrogens is 4. The monoisotopic (exact) mass is 453 g/mol. The summed E-state index contributed by atoms with van der Waals surface area (Å²) in [5.41, 5.74) is 1.20. The fraction of sp³-hybridized carbons (Fsp3) is 0.409. The Balaban J connectivity index is 1.36. The summed E-state index contributed by atoms with van der Waals surface area (Å²) in [7, 11) is 1.39. The van der Waals surface area contributed by atoms with Gasteiger partial charge >= 0.3 is 5.97 Å². The van der Waals surface area contributed by atoms with Crippen LogP contribution in [-0.4, -0.2) is 62.1 Å². The van der Waals surface area contributed by atoms with Crippen molar-refractivity contribution in [2.75, 3.05) is 26.0 Å². The van der Waals surface area contributed by atoms with E-state index in [2.05, 4.69) is 5.10 Å². The van der Waals surface area contributed by atoms with Gasteiger partial charge < -0.3 is 9.64 Å². The van der Waals surface area contributed by atoms with E-state index in [1.54, 1.807) is 20.3 Å². The smallest absolute Gasteiger partial charge is 0.308 e. The molecular weight excluding hydrogens is 430 g/mol. The molecule has 0 saturated carbocycles. The number of esters is 1. The molecule has 10 heteroatoms. The van der Waals surface area contributed by atoms with Gasteiger partial charge in [0.05, 0.1) is 31.0 Å². The summed E-state index contributed by atoms with van der Waals surface area (Å²) in [5.74, 6) is 0.264. The highest BCUT2D eigenvalue weighted by Crippen LogP contribution is 2.34. The summed E-state index contributed by atoms with van der Waals surface area (Å²) < 4.78 is 8.12. The summed E-state index contributed by atoms with van der Waals surface area (Å²) in [6, 6.07) is 9.32. The first kappa shape index (κ1) is 20.7. The molecule has 166 valence electrons. The number of fused-ring (bicyclic) bond motifs is 2. The van der Waals surface area contributed by atoms with E-state index in [-0.39, 0.29) is 35.8 Å². The van der Waals surface area contributed by atoms with Crippen LogP contribution in [0.15, 0.2) is 46.5 Å². The highest BCUT2D eigenvalue weighted by atomic mass is 32.2. The number of amides is 1. The van der Waals surface area contributed by atoms with Gasteiger partial charge in [-0.3, -0.25) is 19.0 Å². The zero-order valence-electron chi connectivity index (χ0n) is 17.6. The molecule has 9 nitrogen and oxygen atoms in total. The third-order valence-corrected chi connectivity index (χ3v) is 7.26. The predicted octanol–water partition coefficient (Wildman–Crippen LogP) is 2.03. The van der Waals surface area contributed by atoms with Gasteiger partial charge in [-0.2, -0.15) is 5.10 Å². The summed E-state index contributed by atoms with van der Waals surface area (Å²) in [4.78, 5) is 44.4. The molecule has 2 aliphatic heterocycles. The van der Waals surface area contributed by atoms with Crippen LogP contribution in [0.2, 0.25) is 0 Å². The number of hydrogen-bond donors (Lipinski definition) is 0. The molecule has 5 rings (SSSR count). The maximum absolute atomic E-state index is 13.3. The van der Waals surface area contributed by atoms with E-state index >= 15 is 0 Å². The lowest BCUT2D eigenvalue weighted by molar-refractivity contribution is -0.149. The minimum absolute atomic E-state index is 0.00116. The van der Waals surface area contributed by atoms with Crippen molar-refractivity contribution in [1.29, 1.82) is 0 Å². The van der Waals surface area contributed by atoms with Gasteiger partial charge in [-0.15, -0.1) is 0 Å². The topological polar surface area (TPSA) is 99.3 Å². The second-order valence-corrected chi connectivity index (χ2v) is 9.03. The largest absolute Gasteiger partial charge is 0.469 e. The molecule has 4 heterocycles. The highest BCUT2D eigenvalue weighted by Gasteiger charge is 2.33. The number of hydrogen-bond acceptors (Lipinski definition) is 7. The van der Waals surface area contributed by atoms with Crippen LogP contribution in [0.3, 0.4) is 0 Å². The summed E-state index contributed by atoms with van der Waals surface area (Å²) in [5, 5.41) is 5.43. The van der Waals surface area contributed by atoms with Gasteiger partial charge in [0.1, 0.15) is 5.39 Å². The molecule has 0 radical (unpaired) electrons. The Morgan fingerprint density at radius 2 is 1.94 bits per heavy atom. The number of thioether (sulfide) groups is 1. The van der Waals surface area contributed by atoms with Crippen molar-refractivity contribution in [1.82, 2.24) is 24.2 Å². The van der Waals surface area contributed by atoms with E-state index in [1.165, 1.54) is 18.9 Å². The van der Waals surface area contributed by atoms with Crippen molar-refractivity contribution in [3.05, 3.63) is 46.9 Å². The summed E-state index contributed by atoms with van der Waals surface area (Å²) >= 11 is 1.49. The second-order valence-electron chi connectivity index (χ2n) is 8.05. The summed E-state index contributed by atoms with van der Waals surface area (Å²) in [6.07, 6.45) is 3.00. The van der Waals surface area contributed by atoms with Crippen LogP contribution in [0.5, 0.6) is 0 Å². The zero-order chi connectivity index (χ0) is 22.2. The lowest BCUT2D eigenvalue weighted by Gasteiger charge is -2.31. The van der Waals surface area contributed by atoms with Gasteiger partial charge in [0, 0.05) is 25.3 Å². The van der Waals surface area contributed by atoms with E-state index in [9.17, 15) is 14.4 Å². The molecule has 1 aromatic carbocycles. The molecule has 1 fully saturated rings. The Bertz CT molecular complexity index is 1230. The fourth-order valence-corrected chi connectivity index (χ4v) is 5.53. The first-order valence-electron chi connectivity index (χ1n) is 10.6. The van der Waals surface area contributed by atoms with Gasteiger partial charge in [-0.25, -0.2) is 9.67 Å². The van der Waals surface area contributed by atoms with Crippen molar-refractivity contribution in [3.8, 4) is 5.69 Å². The van der Waals surface area contributed by atoms with Crippen LogP contribution in [-0.2, 0) is 14.3 Å². The maximum atomic E-state index is 13.3. The quantitative estimate of drug-likeness (QED) is 0.440. The minimum atomic E-state index is -0.245. The molecule has 0 N–H and O–H groups in total. The van der Waals surface area contributed by atoms with Gasteiger partial charge in [-0.1, -0.05) is 30.0 Å². The van der Waals surface area contributed by atoms with Crippen LogP contribution in [0.25, 0.3) is 16.7 Å². The first-order chi connectivity index (χ1) is 15.6. The molecule has 1 saturated heterocycles. The number of carbonyl (C=O) groups is 2. The van der Waals surface area contributed by atoms with E-state index in [0.717, 1.165) is 5.69 Å². The number of para-hydroxylation sites is 1. The van der Waals surface area contributed by atoms with Crippen molar-refractivity contribution >= 4 is 34.7 Å². The number of piperidine rings is 1. The molecule has 1 amide bonds. The lowest BCUT2D eigenvalue weighted by Crippen LogP contribution is -2.41. The molecule has 0 spiro atoms. The number of likely N-dealkylation sites (tertiary alicyclic amines) is 1. The van der Waals surface area contributed by atoms with Gasteiger partial charge in [0.15, 0.2) is 10.8 Å². The van der Waals surface area contributed by atoms with Crippen LogP contribution in [0.4, 0.5) is 0 Å². The Morgan fingerprint density at radius 3 is 2.66 bits per heavy atom. The summed E-state index contributed by atoms with van der Waals surface area (Å²) in [6.45, 7) is 1.06. The Kier molecular flexibility index (Phi) is 5.46. The van der Waals surface area contributed by atoms with Crippen LogP contribution >= 0.6 is 11.8 Å². The Morgan fingerprint density at radius 1 is 1.19 bits per heavy atom. The van der Waals surface area contributed by atoms with E-state index < -0.39 is 0 Å². The zero-order valence-corrected chi connectivity index (χ0v) is 18.5. The van der Waals surface area contributed by atoms with Gasteiger partial charge in [0.25, 0.3) is 5.56 Å². The molecule has 0 bridgehead atoms. The van der Waals surface area contributed by atoms with E-state index in [1.807, 2.05) is 30.3 Å². The minimum Gasteiger partial charge on any atom is -0.469 e. The van der Waals surface area contributed by atoms with Crippen molar-refractivity contribution < 1.29 is 14.3 Å². The van der Waals surface area contributed by atoms with Crippen molar-refractivity contribution in [2.45, 2.75) is 30.5 Å². The standard InChI is InChI=1S/C22H23N5O4S/c1-31-21(30)14-7-9-25(10-8-14)18(28)11-16-13-32-22-24-19-17(20(29)26(16)22)12-23-27(19)15-5-3-2-4-6-15/h2-6,12,14,16H,7-11,13H2,1H3. The van der Waals surface area contributed by atoms with Crippen molar-refractivity contribution in [2.24, 2.45) is 5.92 Å². The first-order valence-corrected chi connectivity index (χ1v) is 11.6.